The summed E-state index contributed by atoms with van der Waals surface area (Å²) in [4.78, 5) is 7.54. The van der Waals surface area contributed by atoms with Crippen LogP contribution in [-0.2, 0) is 0 Å². The molecular formula is C18H14N2O2. The second-order valence-electron chi connectivity index (χ2n) is 5.02. The molecule has 0 fully saturated rings. The van der Waals surface area contributed by atoms with Gasteiger partial charge in [-0.25, -0.2) is 0 Å². The van der Waals surface area contributed by atoms with Gasteiger partial charge < -0.3 is 14.5 Å². The van der Waals surface area contributed by atoms with Crippen LogP contribution in [0, 0.1) is 0 Å². The maximum atomic E-state index is 6.05. The van der Waals surface area contributed by atoms with Crippen molar-refractivity contribution in [2.75, 3.05) is 7.11 Å². The maximum Gasteiger partial charge on any atom is 0.138 e. The molecule has 0 aliphatic heterocycles. The third-order valence-corrected chi connectivity index (χ3v) is 3.66. The second kappa shape index (κ2) is 5.07. The molecule has 2 aromatic heterocycles. The van der Waals surface area contributed by atoms with Crippen LogP contribution in [0.5, 0.6) is 17.2 Å². The lowest BCUT2D eigenvalue weighted by Gasteiger charge is -2.09. The van der Waals surface area contributed by atoms with Gasteiger partial charge in [0.2, 0.25) is 0 Å². The first kappa shape index (κ1) is 12.7. The summed E-state index contributed by atoms with van der Waals surface area (Å²) in [5, 5.41) is 2.08. The number of hydrogen-bond donors (Lipinski definition) is 1. The number of aromatic amines is 1. The van der Waals surface area contributed by atoms with Crippen molar-refractivity contribution in [1.82, 2.24) is 9.97 Å². The van der Waals surface area contributed by atoms with E-state index in [1.54, 1.807) is 13.3 Å². The van der Waals surface area contributed by atoms with Crippen LogP contribution in [0.3, 0.4) is 0 Å². The van der Waals surface area contributed by atoms with Crippen molar-refractivity contribution < 1.29 is 9.47 Å². The lowest BCUT2D eigenvalue weighted by Crippen LogP contribution is -1.89. The lowest BCUT2D eigenvalue weighted by atomic mass is 10.2. The fraction of sp³-hybridized carbons (Fsp3) is 0.0556. The number of methoxy groups -OCH3 is 1. The Morgan fingerprint density at radius 1 is 0.955 bits per heavy atom. The third kappa shape index (κ3) is 2.15. The molecule has 1 N–H and O–H groups in total. The molecule has 0 saturated carbocycles. The quantitative estimate of drug-likeness (QED) is 0.603. The fourth-order valence-corrected chi connectivity index (χ4v) is 2.54. The summed E-state index contributed by atoms with van der Waals surface area (Å²) >= 11 is 0. The van der Waals surface area contributed by atoms with E-state index in [0.717, 1.165) is 39.1 Å². The lowest BCUT2D eigenvalue weighted by molar-refractivity contribution is 0.415. The molecule has 0 unspecified atom stereocenters. The molecule has 2 heterocycles. The highest BCUT2D eigenvalue weighted by atomic mass is 16.5. The van der Waals surface area contributed by atoms with E-state index in [9.17, 15) is 0 Å². The molecule has 4 aromatic rings. The van der Waals surface area contributed by atoms with E-state index < -0.39 is 0 Å². The van der Waals surface area contributed by atoms with Crippen LogP contribution < -0.4 is 9.47 Å². The zero-order chi connectivity index (χ0) is 14.9. The minimum absolute atomic E-state index is 0.780. The number of nitrogens with zero attached hydrogens (tertiary/aromatic N) is 1. The van der Waals surface area contributed by atoms with Gasteiger partial charge in [-0.3, -0.25) is 4.98 Å². The highest BCUT2D eigenvalue weighted by Crippen LogP contribution is 2.31. The molecule has 2 aromatic carbocycles. The van der Waals surface area contributed by atoms with Crippen LogP contribution in [0.4, 0.5) is 0 Å². The SMILES string of the molecule is COc1ccc2c(Oc3ccc4[nH]ccc4c3)ccnc2c1. The summed E-state index contributed by atoms with van der Waals surface area (Å²) < 4.78 is 11.3. The van der Waals surface area contributed by atoms with E-state index in [1.165, 1.54) is 0 Å². The molecule has 0 aliphatic rings. The zero-order valence-electron chi connectivity index (χ0n) is 12.0. The Balaban J connectivity index is 1.76. The summed E-state index contributed by atoms with van der Waals surface area (Å²) in [7, 11) is 1.65. The van der Waals surface area contributed by atoms with Crippen LogP contribution in [0.15, 0.2) is 60.9 Å². The molecule has 0 aliphatic carbocycles. The number of rotatable bonds is 3. The van der Waals surface area contributed by atoms with Gasteiger partial charge in [-0.15, -0.1) is 0 Å². The summed E-state index contributed by atoms with van der Waals surface area (Å²) in [6.45, 7) is 0. The first-order chi connectivity index (χ1) is 10.8. The van der Waals surface area contributed by atoms with Gasteiger partial charge >= 0.3 is 0 Å². The molecule has 0 saturated heterocycles. The number of hydrogen-bond acceptors (Lipinski definition) is 3. The molecule has 4 rings (SSSR count). The molecule has 0 bridgehead atoms. The molecule has 0 spiro atoms. The number of nitrogens with one attached hydrogen (secondary N) is 1. The van der Waals surface area contributed by atoms with E-state index in [1.807, 2.05) is 54.7 Å². The molecule has 22 heavy (non-hydrogen) atoms. The van der Waals surface area contributed by atoms with Crippen molar-refractivity contribution in [3.05, 3.63) is 60.9 Å². The van der Waals surface area contributed by atoms with Gasteiger partial charge in [0.05, 0.1) is 12.6 Å². The van der Waals surface area contributed by atoms with Crippen LogP contribution >= 0.6 is 0 Å². The van der Waals surface area contributed by atoms with Crippen LogP contribution in [0.1, 0.15) is 0 Å². The first-order valence-electron chi connectivity index (χ1n) is 7.01. The van der Waals surface area contributed by atoms with Crippen molar-refractivity contribution in [2.24, 2.45) is 0 Å². The van der Waals surface area contributed by atoms with Gasteiger partial charge in [0.25, 0.3) is 0 Å². The van der Waals surface area contributed by atoms with Crippen molar-refractivity contribution >= 4 is 21.8 Å². The Hall–Kier alpha value is -3.01. The largest absolute Gasteiger partial charge is 0.497 e. The number of pyridine rings is 1. The predicted octanol–water partition coefficient (Wildman–Crippen LogP) is 4.52. The van der Waals surface area contributed by atoms with E-state index in [-0.39, 0.29) is 0 Å². The maximum absolute atomic E-state index is 6.05. The average Bonchev–Trinajstić information content (AvgIpc) is 3.02. The number of benzene rings is 2. The Labute approximate surface area is 127 Å². The summed E-state index contributed by atoms with van der Waals surface area (Å²) in [5.41, 5.74) is 1.94. The predicted molar refractivity (Wildman–Crippen MR) is 86.7 cm³/mol. The van der Waals surface area contributed by atoms with Gasteiger partial charge in [-0.2, -0.15) is 0 Å². The zero-order valence-corrected chi connectivity index (χ0v) is 12.0. The van der Waals surface area contributed by atoms with Gasteiger partial charge in [-0.05, 0) is 42.5 Å². The number of fused-ring (bicyclic) bond motifs is 2. The van der Waals surface area contributed by atoms with E-state index in [0.29, 0.717) is 0 Å². The number of aromatic nitrogens is 2. The molecule has 0 radical (unpaired) electrons. The Morgan fingerprint density at radius 3 is 2.77 bits per heavy atom. The van der Waals surface area contributed by atoms with Crippen molar-refractivity contribution in [3.63, 3.8) is 0 Å². The second-order valence-corrected chi connectivity index (χ2v) is 5.02. The van der Waals surface area contributed by atoms with E-state index >= 15 is 0 Å². The number of ether oxygens (including phenoxy) is 2. The van der Waals surface area contributed by atoms with Gasteiger partial charge in [0, 0.05) is 34.7 Å². The van der Waals surface area contributed by atoms with E-state index in [4.69, 9.17) is 9.47 Å². The Kier molecular flexibility index (Phi) is 2.93. The van der Waals surface area contributed by atoms with Crippen molar-refractivity contribution in [3.8, 4) is 17.2 Å². The first-order valence-corrected chi connectivity index (χ1v) is 7.01. The number of H-pyrrole nitrogens is 1. The van der Waals surface area contributed by atoms with Gasteiger partial charge in [0.1, 0.15) is 17.2 Å². The Bertz CT molecular complexity index is 960. The molecular weight excluding hydrogens is 276 g/mol. The average molecular weight is 290 g/mol. The van der Waals surface area contributed by atoms with Crippen molar-refractivity contribution in [1.29, 1.82) is 0 Å². The smallest absolute Gasteiger partial charge is 0.138 e. The van der Waals surface area contributed by atoms with Crippen LogP contribution in [-0.4, -0.2) is 17.1 Å². The van der Waals surface area contributed by atoms with Gasteiger partial charge in [0.15, 0.2) is 0 Å². The fourth-order valence-electron chi connectivity index (χ4n) is 2.54. The molecule has 0 amide bonds. The van der Waals surface area contributed by atoms with Crippen LogP contribution in [0.2, 0.25) is 0 Å². The molecule has 108 valence electrons. The van der Waals surface area contributed by atoms with Crippen molar-refractivity contribution in [2.45, 2.75) is 0 Å². The Morgan fingerprint density at radius 2 is 1.86 bits per heavy atom. The molecule has 4 heteroatoms. The van der Waals surface area contributed by atoms with Crippen LogP contribution in [0.25, 0.3) is 21.8 Å². The van der Waals surface area contributed by atoms with Gasteiger partial charge in [-0.1, -0.05) is 0 Å². The monoisotopic (exact) mass is 290 g/mol. The summed E-state index contributed by atoms with van der Waals surface area (Å²) in [6.07, 6.45) is 3.66. The molecule has 0 atom stereocenters. The highest BCUT2D eigenvalue weighted by molar-refractivity contribution is 5.86. The summed E-state index contributed by atoms with van der Waals surface area (Å²) in [6, 6.07) is 15.6. The minimum Gasteiger partial charge on any atom is -0.497 e. The molecule has 4 nitrogen and oxygen atoms in total. The minimum atomic E-state index is 0.780. The van der Waals surface area contributed by atoms with E-state index in [2.05, 4.69) is 9.97 Å². The topological polar surface area (TPSA) is 47.1 Å². The standard InChI is InChI=1S/C18H14N2O2/c1-21-13-2-4-15-17(11-13)20-9-7-18(15)22-14-3-5-16-12(10-14)6-8-19-16/h2-11,19H,1H3. The normalized spacial score (nSPS) is 11.0. The highest BCUT2D eigenvalue weighted by Gasteiger charge is 2.06. The third-order valence-electron chi connectivity index (χ3n) is 3.66. The summed E-state index contributed by atoms with van der Waals surface area (Å²) in [5.74, 6) is 2.36.